The van der Waals surface area contributed by atoms with Gasteiger partial charge in [0, 0.05) is 28.9 Å². The summed E-state index contributed by atoms with van der Waals surface area (Å²) in [5.41, 5.74) is 2.13. The van der Waals surface area contributed by atoms with Crippen molar-refractivity contribution in [2.45, 2.75) is 20.3 Å². The van der Waals surface area contributed by atoms with Gasteiger partial charge in [-0.1, -0.05) is 43.6 Å². The Morgan fingerprint density at radius 2 is 1.60 bits per heavy atom. The molecule has 130 valence electrons. The number of benzene rings is 2. The molecule has 0 radical (unpaired) electrons. The molecule has 0 aliphatic rings. The molecule has 0 heterocycles. The SMILES string of the molecule is CC(C)CC(=O)Nc1ccc(NC(=O)/C=C/c2ccccc2Cl)cc1. The van der Waals surface area contributed by atoms with Crippen LogP contribution in [0.5, 0.6) is 0 Å². The van der Waals surface area contributed by atoms with Crippen molar-refractivity contribution in [1.29, 1.82) is 0 Å². The average Bonchev–Trinajstić information content (AvgIpc) is 2.55. The lowest BCUT2D eigenvalue weighted by Gasteiger charge is -2.08. The van der Waals surface area contributed by atoms with E-state index >= 15 is 0 Å². The molecule has 2 aromatic rings. The first-order valence-corrected chi connectivity index (χ1v) is 8.45. The Bertz CT molecular complexity index is 768. The first kappa shape index (κ1) is 18.7. The standard InChI is InChI=1S/C20H21ClN2O2/c1-14(2)13-20(25)23-17-10-8-16(9-11-17)22-19(24)12-7-15-5-3-4-6-18(15)21/h3-12,14H,13H2,1-2H3,(H,22,24)(H,23,25)/b12-7+. The number of nitrogens with one attached hydrogen (secondary N) is 2. The van der Waals surface area contributed by atoms with E-state index in [9.17, 15) is 9.59 Å². The molecule has 0 aliphatic carbocycles. The summed E-state index contributed by atoms with van der Waals surface area (Å²) in [6.07, 6.45) is 3.57. The van der Waals surface area contributed by atoms with Crippen LogP contribution < -0.4 is 10.6 Å². The van der Waals surface area contributed by atoms with Crippen LogP contribution >= 0.6 is 11.6 Å². The van der Waals surface area contributed by atoms with E-state index in [1.165, 1.54) is 6.08 Å². The molecule has 0 atom stereocenters. The predicted molar refractivity (Wildman–Crippen MR) is 104 cm³/mol. The van der Waals surface area contributed by atoms with Gasteiger partial charge in [0.15, 0.2) is 0 Å². The minimum absolute atomic E-state index is 0.0190. The summed E-state index contributed by atoms with van der Waals surface area (Å²) in [6, 6.07) is 14.3. The van der Waals surface area contributed by atoms with Crippen LogP contribution in [0.2, 0.25) is 5.02 Å². The highest BCUT2D eigenvalue weighted by atomic mass is 35.5. The molecule has 2 N–H and O–H groups in total. The minimum Gasteiger partial charge on any atom is -0.326 e. The third-order valence-corrected chi connectivity index (χ3v) is 3.69. The maximum atomic E-state index is 12.0. The van der Waals surface area contributed by atoms with E-state index < -0.39 is 0 Å². The Morgan fingerprint density at radius 1 is 1.00 bits per heavy atom. The topological polar surface area (TPSA) is 58.2 Å². The summed E-state index contributed by atoms with van der Waals surface area (Å²) in [7, 11) is 0. The molecule has 5 heteroatoms. The molecule has 2 aromatic carbocycles. The second kappa shape index (κ2) is 9.04. The quantitative estimate of drug-likeness (QED) is 0.717. The van der Waals surface area contributed by atoms with Gasteiger partial charge in [-0.15, -0.1) is 0 Å². The number of carbonyl (C=O) groups is 2. The summed E-state index contributed by atoms with van der Waals surface area (Å²) in [4.78, 5) is 23.7. The normalized spacial score (nSPS) is 10.9. The number of carbonyl (C=O) groups excluding carboxylic acids is 2. The Balaban J connectivity index is 1.91. The van der Waals surface area contributed by atoms with Gasteiger partial charge in [-0.3, -0.25) is 9.59 Å². The van der Waals surface area contributed by atoms with E-state index in [-0.39, 0.29) is 11.8 Å². The second-order valence-corrected chi connectivity index (χ2v) is 6.47. The van der Waals surface area contributed by atoms with Gasteiger partial charge < -0.3 is 10.6 Å². The summed E-state index contributed by atoms with van der Waals surface area (Å²) in [5.74, 6) is 0.0365. The Labute approximate surface area is 152 Å². The van der Waals surface area contributed by atoms with Crippen molar-refractivity contribution in [2.24, 2.45) is 5.92 Å². The smallest absolute Gasteiger partial charge is 0.248 e. The first-order chi connectivity index (χ1) is 11.9. The third-order valence-electron chi connectivity index (χ3n) is 3.35. The molecule has 0 saturated carbocycles. The van der Waals surface area contributed by atoms with Gasteiger partial charge in [-0.05, 0) is 47.9 Å². The summed E-state index contributed by atoms with van der Waals surface area (Å²) in [5, 5.41) is 6.18. The zero-order valence-electron chi connectivity index (χ0n) is 14.3. The van der Waals surface area contributed by atoms with Gasteiger partial charge in [-0.2, -0.15) is 0 Å². The van der Waals surface area contributed by atoms with Gasteiger partial charge >= 0.3 is 0 Å². The van der Waals surface area contributed by atoms with Crippen molar-refractivity contribution in [3.63, 3.8) is 0 Å². The maximum absolute atomic E-state index is 12.0. The zero-order valence-corrected chi connectivity index (χ0v) is 15.0. The number of hydrogen-bond acceptors (Lipinski definition) is 2. The van der Waals surface area contributed by atoms with E-state index in [0.717, 1.165) is 5.56 Å². The lowest BCUT2D eigenvalue weighted by atomic mass is 10.1. The molecule has 0 spiro atoms. The summed E-state index contributed by atoms with van der Waals surface area (Å²) in [6.45, 7) is 3.99. The maximum Gasteiger partial charge on any atom is 0.248 e. The number of rotatable bonds is 6. The van der Waals surface area contributed by atoms with Gasteiger partial charge in [0.25, 0.3) is 0 Å². The molecule has 25 heavy (non-hydrogen) atoms. The predicted octanol–water partition coefficient (Wildman–Crippen LogP) is 4.98. The molecule has 0 unspecified atom stereocenters. The van der Waals surface area contributed by atoms with Gasteiger partial charge in [0.2, 0.25) is 11.8 Å². The van der Waals surface area contributed by atoms with E-state index in [0.29, 0.717) is 28.7 Å². The Hall–Kier alpha value is -2.59. The molecular formula is C20H21ClN2O2. The Kier molecular flexibility index (Phi) is 6.78. The molecule has 0 aromatic heterocycles. The highest BCUT2D eigenvalue weighted by molar-refractivity contribution is 6.32. The van der Waals surface area contributed by atoms with E-state index in [1.807, 2.05) is 32.0 Å². The van der Waals surface area contributed by atoms with Gasteiger partial charge in [0.05, 0.1) is 0 Å². The van der Waals surface area contributed by atoms with Crippen molar-refractivity contribution in [3.8, 4) is 0 Å². The lowest BCUT2D eigenvalue weighted by molar-refractivity contribution is -0.117. The van der Waals surface area contributed by atoms with E-state index in [2.05, 4.69) is 10.6 Å². The van der Waals surface area contributed by atoms with Crippen LogP contribution in [0.25, 0.3) is 6.08 Å². The van der Waals surface area contributed by atoms with Crippen molar-refractivity contribution in [3.05, 3.63) is 65.2 Å². The highest BCUT2D eigenvalue weighted by Crippen LogP contribution is 2.17. The number of anilines is 2. The fourth-order valence-corrected chi connectivity index (χ4v) is 2.38. The van der Waals surface area contributed by atoms with E-state index in [1.54, 1.807) is 36.4 Å². The number of hydrogen-bond donors (Lipinski definition) is 2. The van der Waals surface area contributed by atoms with Gasteiger partial charge in [0.1, 0.15) is 0 Å². The van der Waals surface area contributed by atoms with Crippen LogP contribution in [0.1, 0.15) is 25.8 Å². The van der Waals surface area contributed by atoms with E-state index in [4.69, 9.17) is 11.6 Å². The number of amides is 2. The van der Waals surface area contributed by atoms with Crippen LogP contribution in [-0.4, -0.2) is 11.8 Å². The minimum atomic E-state index is -0.253. The highest BCUT2D eigenvalue weighted by Gasteiger charge is 2.05. The molecular weight excluding hydrogens is 336 g/mol. The van der Waals surface area contributed by atoms with Crippen molar-refractivity contribution < 1.29 is 9.59 Å². The fourth-order valence-electron chi connectivity index (χ4n) is 2.18. The number of halogens is 1. The molecule has 0 fully saturated rings. The van der Waals surface area contributed by atoms with Crippen LogP contribution in [0.4, 0.5) is 11.4 Å². The second-order valence-electron chi connectivity index (χ2n) is 6.07. The molecule has 4 nitrogen and oxygen atoms in total. The largest absolute Gasteiger partial charge is 0.326 e. The van der Waals surface area contributed by atoms with Crippen molar-refractivity contribution in [1.82, 2.24) is 0 Å². The van der Waals surface area contributed by atoms with Crippen LogP contribution in [0, 0.1) is 5.92 Å². The van der Waals surface area contributed by atoms with Crippen LogP contribution in [0.15, 0.2) is 54.6 Å². The fraction of sp³-hybridized carbons (Fsp3) is 0.200. The molecule has 0 saturated heterocycles. The Morgan fingerprint density at radius 3 is 2.20 bits per heavy atom. The molecule has 2 amide bonds. The first-order valence-electron chi connectivity index (χ1n) is 8.07. The van der Waals surface area contributed by atoms with Gasteiger partial charge in [-0.25, -0.2) is 0 Å². The third kappa shape index (κ3) is 6.43. The molecule has 0 aliphatic heterocycles. The van der Waals surface area contributed by atoms with Crippen LogP contribution in [0.3, 0.4) is 0 Å². The van der Waals surface area contributed by atoms with Crippen LogP contribution in [-0.2, 0) is 9.59 Å². The summed E-state index contributed by atoms with van der Waals surface area (Å²) >= 11 is 6.04. The zero-order chi connectivity index (χ0) is 18.2. The average molecular weight is 357 g/mol. The molecule has 2 rings (SSSR count). The monoisotopic (exact) mass is 356 g/mol. The van der Waals surface area contributed by atoms with Crippen molar-refractivity contribution >= 4 is 40.9 Å². The summed E-state index contributed by atoms with van der Waals surface area (Å²) < 4.78 is 0. The lowest BCUT2D eigenvalue weighted by Crippen LogP contribution is -2.14. The molecule has 0 bridgehead atoms. The van der Waals surface area contributed by atoms with Crippen molar-refractivity contribution in [2.75, 3.05) is 10.6 Å².